The minimum absolute atomic E-state index is 0.0897. The summed E-state index contributed by atoms with van der Waals surface area (Å²) in [5.41, 5.74) is 0.165. The largest absolute Gasteiger partial charge is 0.453 e. The Balaban J connectivity index is 2.61. The summed E-state index contributed by atoms with van der Waals surface area (Å²) in [7, 11) is 0. The Kier molecular flexibility index (Phi) is 2.56. The molecule has 0 atom stereocenters. The fourth-order valence-corrected chi connectivity index (χ4v) is 1.51. The molecule has 78 valence electrons. The summed E-state index contributed by atoms with van der Waals surface area (Å²) in [4.78, 5) is 11.2. The summed E-state index contributed by atoms with van der Waals surface area (Å²) in [5, 5.41) is 0.482. The highest BCUT2D eigenvalue weighted by Gasteiger charge is 2.13. The van der Waals surface area contributed by atoms with Crippen LogP contribution in [-0.4, -0.2) is 11.1 Å². The normalized spacial score (nSPS) is 10.9. The van der Waals surface area contributed by atoms with Gasteiger partial charge in [-0.1, -0.05) is 15.9 Å². The van der Waals surface area contributed by atoms with Gasteiger partial charge in [-0.3, -0.25) is 4.79 Å². The number of hydrogen-bond donors (Lipinski definition) is 0. The molecule has 0 radical (unpaired) electrons. The maximum absolute atomic E-state index is 12.8. The minimum Gasteiger partial charge on any atom is -0.453 e. The zero-order valence-electron chi connectivity index (χ0n) is 7.39. The van der Waals surface area contributed by atoms with Crippen LogP contribution in [-0.2, 0) is 0 Å². The summed E-state index contributed by atoms with van der Waals surface area (Å²) < 4.78 is 30.7. The first kappa shape index (κ1) is 10.3. The number of rotatable bonds is 2. The number of ketones is 1. The molecule has 0 aliphatic carbocycles. The SMILES string of the molecule is O=C(CBr)c1cc2cc(F)c(F)cc2o1. The van der Waals surface area contributed by atoms with Crippen LogP contribution < -0.4 is 0 Å². The molecule has 15 heavy (non-hydrogen) atoms. The molecule has 2 nitrogen and oxygen atoms in total. The van der Waals surface area contributed by atoms with Crippen LogP contribution >= 0.6 is 15.9 Å². The lowest BCUT2D eigenvalue weighted by Crippen LogP contribution is -1.96. The van der Waals surface area contributed by atoms with Crippen LogP contribution in [0.5, 0.6) is 0 Å². The van der Waals surface area contributed by atoms with Crippen LogP contribution in [0.15, 0.2) is 22.6 Å². The van der Waals surface area contributed by atoms with E-state index in [9.17, 15) is 13.6 Å². The average molecular weight is 275 g/mol. The average Bonchev–Trinajstić information content (AvgIpc) is 2.60. The molecular formula is C10H5BrF2O2. The Bertz CT molecular complexity index is 494. The molecule has 2 rings (SSSR count). The lowest BCUT2D eigenvalue weighted by molar-refractivity contribution is 0.0995. The molecule has 0 fully saturated rings. The van der Waals surface area contributed by atoms with Gasteiger partial charge in [-0.15, -0.1) is 0 Å². The van der Waals surface area contributed by atoms with Gasteiger partial charge in [0.2, 0.25) is 5.78 Å². The lowest BCUT2D eigenvalue weighted by Gasteiger charge is -1.90. The van der Waals surface area contributed by atoms with Crippen LogP contribution in [0.1, 0.15) is 10.6 Å². The Hall–Kier alpha value is -1.23. The summed E-state index contributed by atoms with van der Waals surface area (Å²) in [6.45, 7) is 0. The Labute approximate surface area is 92.0 Å². The van der Waals surface area contributed by atoms with E-state index in [2.05, 4.69) is 15.9 Å². The number of carbonyl (C=O) groups excluding carboxylic acids is 1. The quantitative estimate of drug-likeness (QED) is 0.621. The predicted octanol–water partition coefficient (Wildman–Crippen LogP) is 3.29. The molecular weight excluding hydrogens is 270 g/mol. The third kappa shape index (κ3) is 1.79. The summed E-state index contributed by atoms with van der Waals surface area (Å²) in [6, 6.07) is 3.32. The number of hydrogen-bond acceptors (Lipinski definition) is 2. The van der Waals surface area contributed by atoms with Gasteiger partial charge in [0.1, 0.15) is 5.58 Å². The zero-order chi connectivity index (χ0) is 11.0. The van der Waals surface area contributed by atoms with E-state index in [4.69, 9.17) is 4.42 Å². The standard InChI is InChI=1S/C10H5BrF2O2/c11-4-8(14)10-2-5-1-6(12)7(13)3-9(5)15-10/h1-3H,4H2. The molecule has 0 amide bonds. The van der Waals surface area contributed by atoms with Crippen LogP contribution in [0.2, 0.25) is 0 Å². The van der Waals surface area contributed by atoms with Crippen molar-refractivity contribution >= 4 is 32.7 Å². The van der Waals surface area contributed by atoms with Crippen molar-refractivity contribution in [1.29, 1.82) is 0 Å². The summed E-state index contributed by atoms with van der Waals surface area (Å²) in [6.07, 6.45) is 0. The highest BCUT2D eigenvalue weighted by molar-refractivity contribution is 9.09. The number of alkyl halides is 1. The van der Waals surface area contributed by atoms with Crippen molar-refractivity contribution in [2.24, 2.45) is 0 Å². The topological polar surface area (TPSA) is 30.2 Å². The number of carbonyl (C=O) groups is 1. The monoisotopic (exact) mass is 274 g/mol. The van der Waals surface area contributed by atoms with Crippen LogP contribution in [0.4, 0.5) is 8.78 Å². The number of benzene rings is 1. The Morgan fingerprint density at radius 1 is 1.27 bits per heavy atom. The Morgan fingerprint density at radius 2 is 1.93 bits per heavy atom. The molecule has 0 aliphatic rings. The molecule has 2 aromatic rings. The second-order valence-electron chi connectivity index (χ2n) is 2.97. The number of furan rings is 1. The van der Waals surface area contributed by atoms with E-state index in [-0.39, 0.29) is 22.5 Å². The summed E-state index contributed by atoms with van der Waals surface area (Å²) in [5.74, 6) is -2.13. The fourth-order valence-electron chi connectivity index (χ4n) is 1.24. The first-order valence-electron chi connectivity index (χ1n) is 4.09. The van der Waals surface area contributed by atoms with Gasteiger partial charge in [-0.25, -0.2) is 8.78 Å². The smallest absolute Gasteiger partial charge is 0.208 e. The first-order valence-corrected chi connectivity index (χ1v) is 5.21. The van der Waals surface area contributed by atoms with E-state index in [1.165, 1.54) is 6.07 Å². The van der Waals surface area contributed by atoms with Gasteiger partial charge in [-0.2, -0.15) is 0 Å². The van der Waals surface area contributed by atoms with E-state index < -0.39 is 11.6 Å². The second kappa shape index (κ2) is 3.73. The summed E-state index contributed by atoms with van der Waals surface area (Å²) >= 11 is 2.98. The highest BCUT2D eigenvalue weighted by Crippen LogP contribution is 2.22. The van der Waals surface area contributed by atoms with Crippen molar-refractivity contribution < 1.29 is 18.0 Å². The van der Waals surface area contributed by atoms with Crippen molar-refractivity contribution in [1.82, 2.24) is 0 Å². The van der Waals surface area contributed by atoms with E-state index >= 15 is 0 Å². The minimum atomic E-state index is -0.991. The third-order valence-electron chi connectivity index (χ3n) is 1.96. The van der Waals surface area contributed by atoms with Crippen molar-refractivity contribution in [3.8, 4) is 0 Å². The van der Waals surface area contributed by atoms with Crippen molar-refractivity contribution in [2.75, 3.05) is 5.33 Å². The number of fused-ring (bicyclic) bond motifs is 1. The van der Waals surface area contributed by atoms with Gasteiger partial charge < -0.3 is 4.42 Å². The maximum atomic E-state index is 12.8. The molecule has 1 aromatic heterocycles. The van der Waals surface area contributed by atoms with Crippen LogP contribution in [0, 0.1) is 11.6 Å². The lowest BCUT2D eigenvalue weighted by atomic mass is 10.2. The van der Waals surface area contributed by atoms with Gasteiger partial charge in [0.05, 0.1) is 5.33 Å². The Morgan fingerprint density at radius 3 is 2.60 bits per heavy atom. The fraction of sp³-hybridized carbons (Fsp3) is 0.100. The van der Waals surface area contributed by atoms with Crippen LogP contribution in [0.3, 0.4) is 0 Å². The van der Waals surface area contributed by atoms with Gasteiger partial charge >= 0.3 is 0 Å². The predicted molar refractivity (Wildman–Crippen MR) is 54.3 cm³/mol. The molecule has 0 spiro atoms. The van der Waals surface area contributed by atoms with E-state index in [1.54, 1.807) is 0 Å². The van der Waals surface area contributed by atoms with Crippen molar-refractivity contribution in [2.45, 2.75) is 0 Å². The van der Waals surface area contributed by atoms with Crippen LogP contribution in [0.25, 0.3) is 11.0 Å². The second-order valence-corrected chi connectivity index (χ2v) is 3.53. The zero-order valence-corrected chi connectivity index (χ0v) is 8.98. The van der Waals surface area contributed by atoms with E-state index in [0.29, 0.717) is 5.39 Å². The molecule has 0 bridgehead atoms. The van der Waals surface area contributed by atoms with E-state index in [0.717, 1.165) is 12.1 Å². The number of Topliss-reactive ketones (excluding diaryl/α,β-unsaturated/α-hetero) is 1. The van der Waals surface area contributed by atoms with Gasteiger partial charge in [-0.05, 0) is 12.1 Å². The van der Waals surface area contributed by atoms with Crippen molar-refractivity contribution in [3.05, 3.63) is 35.6 Å². The molecule has 0 unspecified atom stereocenters. The van der Waals surface area contributed by atoms with Gasteiger partial charge in [0.15, 0.2) is 17.4 Å². The molecule has 0 aliphatic heterocycles. The molecule has 1 heterocycles. The highest BCUT2D eigenvalue weighted by atomic mass is 79.9. The first-order chi connectivity index (χ1) is 7.11. The molecule has 0 N–H and O–H groups in total. The van der Waals surface area contributed by atoms with Crippen molar-refractivity contribution in [3.63, 3.8) is 0 Å². The van der Waals surface area contributed by atoms with Gasteiger partial charge in [0, 0.05) is 11.5 Å². The molecule has 0 saturated carbocycles. The molecule has 0 saturated heterocycles. The number of halogens is 3. The molecule has 5 heteroatoms. The van der Waals surface area contributed by atoms with Gasteiger partial charge in [0.25, 0.3) is 0 Å². The maximum Gasteiger partial charge on any atom is 0.208 e. The third-order valence-corrected chi connectivity index (χ3v) is 2.46. The van der Waals surface area contributed by atoms with E-state index in [1.807, 2.05) is 0 Å². The molecule has 1 aromatic carbocycles.